The van der Waals surface area contributed by atoms with E-state index >= 15 is 0 Å². The third-order valence-electron chi connectivity index (χ3n) is 1.23. The number of primary amides is 1. The summed E-state index contributed by atoms with van der Waals surface area (Å²) in [5, 5.41) is 2.70. The molecule has 0 unspecified atom stereocenters. The molecule has 0 aromatic carbocycles. The fourth-order valence-electron chi connectivity index (χ4n) is 0.704. The smallest absolute Gasteiger partial charge is 0.239 e. The van der Waals surface area contributed by atoms with Gasteiger partial charge in [-0.3, -0.25) is 10.2 Å². The van der Waals surface area contributed by atoms with Crippen molar-refractivity contribution in [2.45, 2.75) is 0 Å². The summed E-state index contributed by atoms with van der Waals surface area (Å²) < 4.78 is 0. The largest absolute Gasteiger partial charge is 0.368 e. The van der Waals surface area contributed by atoms with E-state index in [0.717, 1.165) is 0 Å². The Hall–Kier alpha value is -1.89. The first-order chi connectivity index (χ1) is 6.22. The minimum absolute atomic E-state index is 0.0288. The van der Waals surface area contributed by atoms with Gasteiger partial charge in [-0.2, -0.15) is 4.98 Å². The van der Waals surface area contributed by atoms with Gasteiger partial charge in [-0.15, -0.1) is 0 Å². The molecule has 1 heterocycles. The molecule has 0 atom stereocenters. The molecule has 0 bridgehead atoms. The summed E-state index contributed by atoms with van der Waals surface area (Å²) >= 11 is 0. The minimum atomic E-state index is -0.458. The summed E-state index contributed by atoms with van der Waals surface area (Å²) in [5.74, 6) is 5.38. The van der Waals surface area contributed by atoms with Crippen molar-refractivity contribution >= 4 is 17.7 Å². The van der Waals surface area contributed by atoms with E-state index in [9.17, 15) is 4.79 Å². The van der Waals surface area contributed by atoms with Crippen LogP contribution in [-0.2, 0) is 4.79 Å². The van der Waals surface area contributed by atoms with Crippen molar-refractivity contribution in [3.8, 4) is 0 Å². The molecule has 0 aliphatic carbocycles. The summed E-state index contributed by atoms with van der Waals surface area (Å²) in [7, 11) is 0. The number of rotatable bonds is 4. The molecule has 6 N–H and O–H groups in total. The zero-order valence-electron chi connectivity index (χ0n) is 6.82. The first kappa shape index (κ1) is 9.20. The summed E-state index contributed by atoms with van der Waals surface area (Å²) in [6.45, 7) is 0.0288. The Morgan fingerprint density at radius 3 is 3.00 bits per heavy atom. The Balaban J connectivity index is 2.61. The van der Waals surface area contributed by atoms with E-state index in [0.29, 0.717) is 5.82 Å². The van der Waals surface area contributed by atoms with Gasteiger partial charge in [0, 0.05) is 6.20 Å². The SMILES string of the molecule is NNc1nccc(NCC(N)=O)n1. The Labute approximate surface area is 74.5 Å². The second kappa shape index (κ2) is 4.21. The Morgan fingerprint density at radius 1 is 1.62 bits per heavy atom. The van der Waals surface area contributed by atoms with Crippen molar-refractivity contribution in [2.75, 3.05) is 17.3 Å². The van der Waals surface area contributed by atoms with E-state index in [1.807, 2.05) is 0 Å². The zero-order valence-corrected chi connectivity index (χ0v) is 6.82. The van der Waals surface area contributed by atoms with Crippen LogP contribution in [0.25, 0.3) is 0 Å². The third kappa shape index (κ3) is 2.91. The topological polar surface area (TPSA) is 119 Å². The molecule has 0 saturated heterocycles. The number of hydrogen-bond donors (Lipinski definition) is 4. The zero-order chi connectivity index (χ0) is 9.68. The quantitative estimate of drug-likeness (QED) is 0.338. The van der Waals surface area contributed by atoms with Crippen LogP contribution in [0.15, 0.2) is 12.3 Å². The van der Waals surface area contributed by atoms with Gasteiger partial charge in [0.25, 0.3) is 0 Å². The van der Waals surface area contributed by atoms with E-state index in [-0.39, 0.29) is 12.5 Å². The molecule has 1 rings (SSSR count). The van der Waals surface area contributed by atoms with Crippen LogP contribution in [0.4, 0.5) is 11.8 Å². The van der Waals surface area contributed by atoms with Gasteiger partial charge in [-0.05, 0) is 6.07 Å². The van der Waals surface area contributed by atoms with Gasteiger partial charge in [0.1, 0.15) is 5.82 Å². The van der Waals surface area contributed by atoms with Crippen molar-refractivity contribution in [3.63, 3.8) is 0 Å². The van der Waals surface area contributed by atoms with Crippen LogP contribution in [0.5, 0.6) is 0 Å². The first-order valence-electron chi connectivity index (χ1n) is 3.54. The highest BCUT2D eigenvalue weighted by atomic mass is 16.1. The average Bonchev–Trinajstić information content (AvgIpc) is 2.15. The Morgan fingerprint density at radius 2 is 2.38 bits per heavy atom. The van der Waals surface area contributed by atoms with Crippen molar-refractivity contribution in [2.24, 2.45) is 11.6 Å². The number of nitrogens with zero attached hydrogens (tertiary/aromatic N) is 2. The lowest BCUT2D eigenvalue weighted by atomic mass is 10.5. The molecule has 70 valence electrons. The van der Waals surface area contributed by atoms with E-state index in [2.05, 4.69) is 20.7 Å². The van der Waals surface area contributed by atoms with Crippen LogP contribution in [0.3, 0.4) is 0 Å². The molecule has 0 saturated carbocycles. The predicted octanol–water partition coefficient (Wildman–Crippen LogP) is -1.34. The number of nitrogens with one attached hydrogen (secondary N) is 2. The van der Waals surface area contributed by atoms with Gasteiger partial charge in [-0.25, -0.2) is 10.8 Å². The molecule has 0 spiro atoms. The number of carbonyl (C=O) groups excluding carboxylic acids is 1. The molecule has 0 radical (unpaired) electrons. The highest BCUT2D eigenvalue weighted by molar-refractivity contribution is 5.78. The lowest BCUT2D eigenvalue weighted by Gasteiger charge is -2.03. The number of carbonyl (C=O) groups is 1. The Bertz CT molecular complexity index is 301. The van der Waals surface area contributed by atoms with Crippen LogP contribution >= 0.6 is 0 Å². The van der Waals surface area contributed by atoms with E-state index in [1.54, 1.807) is 6.07 Å². The maximum absolute atomic E-state index is 10.4. The molecule has 7 nitrogen and oxygen atoms in total. The molecule has 0 aliphatic heterocycles. The van der Waals surface area contributed by atoms with E-state index in [4.69, 9.17) is 11.6 Å². The monoisotopic (exact) mass is 182 g/mol. The maximum atomic E-state index is 10.4. The number of nitrogens with two attached hydrogens (primary N) is 2. The van der Waals surface area contributed by atoms with E-state index in [1.165, 1.54) is 6.20 Å². The van der Waals surface area contributed by atoms with Crippen molar-refractivity contribution in [1.29, 1.82) is 0 Å². The highest BCUT2D eigenvalue weighted by Gasteiger charge is 1.97. The third-order valence-corrected chi connectivity index (χ3v) is 1.23. The predicted molar refractivity (Wildman–Crippen MR) is 47.5 cm³/mol. The van der Waals surface area contributed by atoms with E-state index < -0.39 is 5.91 Å². The van der Waals surface area contributed by atoms with Gasteiger partial charge < -0.3 is 11.1 Å². The molecule has 1 amide bonds. The van der Waals surface area contributed by atoms with Crippen LogP contribution in [0.1, 0.15) is 0 Å². The maximum Gasteiger partial charge on any atom is 0.239 e. The van der Waals surface area contributed by atoms with Crippen LogP contribution in [0.2, 0.25) is 0 Å². The number of amides is 1. The average molecular weight is 182 g/mol. The second-order valence-electron chi connectivity index (χ2n) is 2.23. The summed E-state index contributed by atoms with van der Waals surface area (Å²) in [5.41, 5.74) is 7.20. The summed E-state index contributed by atoms with van der Waals surface area (Å²) in [4.78, 5) is 18.1. The number of hydrazine groups is 1. The molecule has 7 heteroatoms. The molecule has 0 aliphatic rings. The van der Waals surface area contributed by atoms with Gasteiger partial charge in [-0.1, -0.05) is 0 Å². The molecule has 1 aromatic rings. The van der Waals surface area contributed by atoms with Gasteiger partial charge in [0.2, 0.25) is 11.9 Å². The van der Waals surface area contributed by atoms with Crippen LogP contribution in [0, 0.1) is 0 Å². The fourth-order valence-corrected chi connectivity index (χ4v) is 0.704. The Kier molecular flexibility index (Phi) is 2.98. The number of anilines is 2. The van der Waals surface area contributed by atoms with Gasteiger partial charge in [0.15, 0.2) is 0 Å². The number of hydrogen-bond acceptors (Lipinski definition) is 6. The lowest BCUT2D eigenvalue weighted by Crippen LogP contribution is -2.22. The molecular formula is C6H10N6O. The second-order valence-corrected chi connectivity index (χ2v) is 2.23. The van der Waals surface area contributed by atoms with Crippen molar-refractivity contribution in [3.05, 3.63) is 12.3 Å². The van der Waals surface area contributed by atoms with Gasteiger partial charge in [0.05, 0.1) is 6.54 Å². The van der Waals surface area contributed by atoms with Crippen molar-refractivity contribution in [1.82, 2.24) is 9.97 Å². The first-order valence-corrected chi connectivity index (χ1v) is 3.54. The number of aromatic nitrogens is 2. The highest BCUT2D eigenvalue weighted by Crippen LogP contribution is 2.02. The summed E-state index contributed by atoms with van der Waals surface area (Å²) in [6.07, 6.45) is 1.51. The van der Waals surface area contributed by atoms with Crippen molar-refractivity contribution < 1.29 is 4.79 Å². The molecule has 1 aromatic heterocycles. The molecular weight excluding hydrogens is 172 g/mol. The fraction of sp³-hybridized carbons (Fsp3) is 0.167. The van der Waals surface area contributed by atoms with Gasteiger partial charge >= 0.3 is 0 Å². The summed E-state index contributed by atoms with van der Waals surface area (Å²) in [6, 6.07) is 1.60. The minimum Gasteiger partial charge on any atom is -0.368 e. The molecule has 13 heavy (non-hydrogen) atoms. The number of nitrogen functional groups attached to an aromatic ring is 1. The standard InChI is InChI=1S/C6H10N6O/c7-4(13)3-10-5-1-2-9-6(11-5)12-8/h1-2H,3,8H2,(H2,7,13)(H2,9,10,11,12). The lowest BCUT2D eigenvalue weighted by molar-refractivity contribution is -0.116. The molecule has 0 fully saturated rings. The van der Waals surface area contributed by atoms with Crippen LogP contribution < -0.4 is 22.3 Å². The normalized spacial score (nSPS) is 9.31. The van der Waals surface area contributed by atoms with Crippen LogP contribution in [-0.4, -0.2) is 22.4 Å².